The monoisotopic (exact) mass is 239 g/mol. The molecule has 0 spiro atoms. The van der Waals surface area contributed by atoms with Crippen LogP contribution in [0.5, 0.6) is 0 Å². The molecule has 0 atom stereocenters. The molecule has 0 amide bonds. The standard InChI is InChI=1S/C5H6BrNO3S/c1-2-10-5-7-3-4(6)11(5,8)9/h3H,2H2,1H3. The third-order valence-corrected chi connectivity index (χ3v) is 3.81. The Morgan fingerprint density at radius 3 is 2.73 bits per heavy atom. The second-order valence-corrected chi connectivity index (χ2v) is 4.94. The Morgan fingerprint density at radius 1 is 1.73 bits per heavy atom. The molecule has 0 N–H and O–H groups in total. The highest BCUT2D eigenvalue weighted by Crippen LogP contribution is 2.22. The van der Waals surface area contributed by atoms with E-state index in [2.05, 4.69) is 20.9 Å². The van der Waals surface area contributed by atoms with E-state index >= 15 is 0 Å². The van der Waals surface area contributed by atoms with Crippen LogP contribution in [0.25, 0.3) is 0 Å². The molecule has 4 nitrogen and oxygen atoms in total. The molecule has 1 aliphatic heterocycles. The molecule has 11 heavy (non-hydrogen) atoms. The number of ether oxygens (including phenoxy) is 1. The summed E-state index contributed by atoms with van der Waals surface area (Å²) in [6.45, 7) is 2.00. The number of halogens is 1. The molecule has 0 saturated carbocycles. The van der Waals surface area contributed by atoms with Crippen LogP contribution in [0, 0.1) is 0 Å². The first kappa shape index (κ1) is 8.73. The maximum Gasteiger partial charge on any atom is 0.315 e. The van der Waals surface area contributed by atoms with Gasteiger partial charge >= 0.3 is 5.23 Å². The second kappa shape index (κ2) is 2.94. The lowest BCUT2D eigenvalue weighted by molar-refractivity contribution is 0.335. The average molecular weight is 240 g/mol. The minimum absolute atomic E-state index is 0.0495. The van der Waals surface area contributed by atoms with E-state index in [-0.39, 0.29) is 9.04 Å². The summed E-state index contributed by atoms with van der Waals surface area (Å²) in [5.74, 6) is 0. The first-order valence-electron chi connectivity index (χ1n) is 2.90. The second-order valence-electron chi connectivity index (χ2n) is 1.76. The van der Waals surface area contributed by atoms with Crippen molar-refractivity contribution in [2.45, 2.75) is 6.92 Å². The van der Waals surface area contributed by atoms with Crippen LogP contribution in [0.3, 0.4) is 0 Å². The zero-order valence-electron chi connectivity index (χ0n) is 5.74. The Balaban J connectivity index is 2.93. The topological polar surface area (TPSA) is 55.7 Å². The summed E-state index contributed by atoms with van der Waals surface area (Å²) in [5, 5.41) is -0.230. The van der Waals surface area contributed by atoms with Crippen LogP contribution in [0.15, 0.2) is 15.0 Å². The lowest BCUT2D eigenvalue weighted by atomic mass is 10.9. The quantitative estimate of drug-likeness (QED) is 0.687. The molecule has 0 aromatic carbocycles. The summed E-state index contributed by atoms with van der Waals surface area (Å²) in [5.41, 5.74) is 0. The van der Waals surface area contributed by atoms with Crippen LogP contribution in [0.2, 0.25) is 0 Å². The van der Waals surface area contributed by atoms with Gasteiger partial charge in [-0.15, -0.1) is 0 Å². The molecule has 0 saturated heterocycles. The fraction of sp³-hybridized carbons (Fsp3) is 0.400. The van der Waals surface area contributed by atoms with Gasteiger partial charge < -0.3 is 4.74 Å². The molecule has 0 radical (unpaired) electrons. The molecule has 6 heteroatoms. The summed E-state index contributed by atoms with van der Waals surface area (Å²) >= 11 is 2.85. The first-order valence-corrected chi connectivity index (χ1v) is 5.18. The van der Waals surface area contributed by atoms with Crippen LogP contribution in [0.4, 0.5) is 0 Å². The largest absolute Gasteiger partial charge is 0.469 e. The van der Waals surface area contributed by atoms with E-state index in [9.17, 15) is 8.42 Å². The van der Waals surface area contributed by atoms with Gasteiger partial charge in [0.25, 0.3) is 9.84 Å². The molecule has 62 valence electrons. The Morgan fingerprint density at radius 2 is 2.36 bits per heavy atom. The summed E-state index contributed by atoms with van der Waals surface area (Å²) < 4.78 is 27.0. The molecule has 1 heterocycles. The summed E-state index contributed by atoms with van der Waals surface area (Å²) in [4.78, 5) is 3.56. The van der Waals surface area contributed by atoms with Gasteiger partial charge in [0.15, 0.2) is 0 Å². The molecule has 0 unspecified atom stereocenters. The highest BCUT2D eigenvalue weighted by atomic mass is 79.9. The van der Waals surface area contributed by atoms with E-state index in [0.29, 0.717) is 6.61 Å². The predicted octanol–water partition coefficient (Wildman–Crippen LogP) is 1.00. The number of rotatable bonds is 1. The van der Waals surface area contributed by atoms with Gasteiger partial charge in [0, 0.05) is 0 Å². The van der Waals surface area contributed by atoms with E-state index in [1.165, 1.54) is 6.20 Å². The molecule has 1 aliphatic rings. The highest BCUT2D eigenvalue weighted by molar-refractivity contribution is 9.14. The van der Waals surface area contributed by atoms with Crippen LogP contribution in [-0.2, 0) is 14.6 Å². The minimum atomic E-state index is -3.42. The van der Waals surface area contributed by atoms with Crippen molar-refractivity contribution in [3.05, 3.63) is 10.0 Å². The molecule has 0 aromatic heterocycles. The van der Waals surface area contributed by atoms with Gasteiger partial charge in [0.05, 0.1) is 12.8 Å². The molecular formula is C5H6BrNO3S. The summed E-state index contributed by atoms with van der Waals surface area (Å²) in [6, 6.07) is 0. The van der Waals surface area contributed by atoms with Gasteiger partial charge in [0.1, 0.15) is 3.81 Å². The average Bonchev–Trinajstić information content (AvgIpc) is 2.16. The molecule has 0 fully saturated rings. The van der Waals surface area contributed by atoms with E-state index in [1.807, 2.05) is 0 Å². The molecule has 0 aromatic rings. The lowest BCUT2D eigenvalue weighted by Crippen LogP contribution is -2.14. The predicted molar refractivity (Wildman–Crippen MR) is 45.0 cm³/mol. The molecule has 0 aliphatic carbocycles. The summed E-state index contributed by atoms with van der Waals surface area (Å²) in [6.07, 6.45) is 1.21. The molecule has 0 bridgehead atoms. The van der Waals surface area contributed by atoms with Gasteiger partial charge in [-0.1, -0.05) is 0 Å². The molecule has 1 rings (SSSR count). The van der Waals surface area contributed by atoms with Crippen LogP contribution in [-0.4, -0.2) is 20.3 Å². The van der Waals surface area contributed by atoms with E-state index in [1.54, 1.807) is 6.92 Å². The van der Waals surface area contributed by atoms with Gasteiger partial charge in [-0.2, -0.15) is 0 Å². The number of sulfone groups is 1. The first-order chi connectivity index (χ1) is 5.09. The minimum Gasteiger partial charge on any atom is -0.469 e. The fourth-order valence-corrected chi connectivity index (χ4v) is 1.90. The van der Waals surface area contributed by atoms with Crippen molar-refractivity contribution >= 4 is 31.0 Å². The normalized spacial score (nSPS) is 20.9. The van der Waals surface area contributed by atoms with Gasteiger partial charge in [0.2, 0.25) is 0 Å². The highest BCUT2D eigenvalue weighted by Gasteiger charge is 2.29. The van der Waals surface area contributed by atoms with Crippen molar-refractivity contribution in [2.75, 3.05) is 6.61 Å². The van der Waals surface area contributed by atoms with Crippen molar-refractivity contribution in [3.8, 4) is 0 Å². The zero-order valence-corrected chi connectivity index (χ0v) is 8.15. The van der Waals surface area contributed by atoms with E-state index < -0.39 is 9.84 Å². The molecular weight excluding hydrogens is 234 g/mol. The Hall–Kier alpha value is -0.360. The summed E-state index contributed by atoms with van der Waals surface area (Å²) in [7, 11) is -3.42. The van der Waals surface area contributed by atoms with E-state index in [4.69, 9.17) is 4.74 Å². The van der Waals surface area contributed by atoms with Gasteiger partial charge in [-0.3, -0.25) is 0 Å². The van der Waals surface area contributed by atoms with Crippen LogP contribution < -0.4 is 0 Å². The Kier molecular flexibility index (Phi) is 2.34. The van der Waals surface area contributed by atoms with Gasteiger partial charge in [-0.25, -0.2) is 13.4 Å². The fourth-order valence-electron chi connectivity index (χ4n) is 0.564. The van der Waals surface area contributed by atoms with Crippen LogP contribution >= 0.6 is 15.9 Å². The van der Waals surface area contributed by atoms with Crippen molar-refractivity contribution in [2.24, 2.45) is 4.99 Å². The number of hydrogen-bond acceptors (Lipinski definition) is 4. The van der Waals surface area contributed by atoms with Crippen molar-refractivity contribution in [1.82, 2.24) is 0 Å². The maximum atomic E-state index is 11.1. The van der Waals surface area contributed by atoms with Crippen molar-refractivity contribution in [1.29, 1.82) is 0 Å². The lowest BCUT2D eigenvalue weighted by Gasteiger charge is -2.00. The SMILES string of the molecule is CCOC1=NC=C(Br)S1(=O)=O. The van der Waals surface area contributed by atoms with E-state index in [0.717, 1.165) is 0 Å². The number of hydrogen-bond donors (Lipinski definition) is 0. The third kappa shape index (κ3) is 1.46. The number of aliphatic imine (C=N–C) groups is 1. The Bertz CT molecular complexity index is 317. The zero-order chi connectivity index (χ0) is 8.48. The number of nitrogens with zero attached hydrogens (tertiary/aromatic N) is 1. The van der Waals surface area contributed by atoms with Gasteiger partial charge in [-0.05, 0) is 22.9 Å². The maximum absolute atomic E-state index is 11.1. The third-order valence-electron chi connectivity index (χ3n) is 1.03. The Labute approximate surface area is 73.0 Å². The van der Waals surface area contributed by atoms with Crippen molar-refractivity contribution in [3.63, 3.8) is 0 Å². The van der Waals surface area contributed by atoms with Crippen LogP contribution in [0.1, 0.15) is 6.92 Å². The smallest absolute Gasteiger partial charge is 0.315 e. The van der Waals surface area contributed by atoms with Crippen molar-refractivity contribution < 1.29 is 13.2 Å².